The first kappa shape index (κ1) is 94.6. The van der Waals surface area contributed by atoms with Crippen LogP contribution in [0.1, 0.15) is 150 Å². The van der Waals surface area contributed by atoms with Crippen LogP contribution < -0.4 is 40.5 Å². The van der Waals surface area contributed by atoms with Crippen LogP contribution in [0.25, 0.3) is 0 Å². The zero-order chi connectivity index (χ0) is 82.4. The van der Waals surface area contributed by atoms with Crippen LogP contribution in [0.3, 0.4) is 0 Å². The molecule has 29 heteroatoms. The molecule has 0 atom stereocenters. The van der Waals surface area contributed by atoms with E-state index in [1.54, 1.807) is 69.1 Å². The molecule has 0 saturated heterocycles. The highest BCUT2D eigenvalue weighted by atomic mass is 79.9. The second-order valence-corrected chi connectivity index (χ2v) is 25.9. The Morgan fingerprint density at radius 1 is 0.464 bits per heavy atom. The number of carboxylic acid groups (broad SMARTS) is 1. The van der Waals surface area contributed by atoms with Crippen LogP contribution in [0, 0.1) is 20.2 Å². The van der Waals surface area contributed by atoms with Crippen molar-refractivity contribution in [2.75, 3.05) is 80.6 Å². The maximum Gasteiger partial charge on any atom is 0.342 e. The number of nitrogens with one attached hydrogen (secondary N) is 1. The number of nitro benzene ring substituents is 2. The largest absolute Gasteiger partial charge is 0.497 e. The van der Waals surface area contributed by atoms with Gasteiger partial charge in [-0.1, -0.05) is 146 Å². The van der Waals surface area contributed by atoms with E-state index >= 15 is 0 Å². The van der Waals surface area contributed by atoms with Gasteiger partial charge < -0.3 is 45.6 Å². The molecule has 6 N–H and O–H groups in total. The van der Waals surface area contributed by atoms with Crippen molar-refractivity contribution in [1.82, 2.24) is 20.1 Å². The summed E-state index contributed by atoms with van der Waals surface area (Å²) in [5.74, 6) is 1.61. The quantitative estimate of drug-likeness (QED) is 0.0152. The van der Waals surface area contributed by atoms with E-state index in [2.05, 4.69) is 113 Å². The van der Waals surface area contributed by atoms with E-state index in [-0.39, 0.29) is 57.0 Å². The fraction of sp³-hybridized carbons (Fsp3) is 0.241. The van der Waals surface area contributed by atoms with Gasteiger partial charge in [-0.25, -0.2) is 14.9 Å². The van der Waals surface area contributed by atoms with E-state index in [9.17, 15) is 44.2 Å². The van der Waals surface area contributed by atoms with Crippen molar-refractivity contribution in [1.29, 1.82) is 0 Å². The molecule has 10 rings (SSSR count). The van der Waals surface area contributed by atoms with E-state index < -0.39 is 27.4 Å². The minimum Gasteiger partial charge on any atom is -0.497 e. The van der Waals surface area contributed by atoms with Crippen LogP contribution in [-0.4, -0.2) is 128 Å². The van der Waals surface area contributed by atoms with Gasteiger partial charge in [0, 0.05) is 93.8 Å². The topological polar surface area (TPSA) is 353 Å². The SMILES string of the molecule is Br.BrCc1ccccn1.CC(C)c1ccc(Br)cc1.COc1ccc(N)c(C(=O)N(C)OC)c1.COc1ccc(N)c(C(=O)c2ccc(C(C)C)cc2)c1.COc1ccc(NCc2ccccn2)c(C(=O)c2ccc(C(C)C)cc2)c1.COc1ccc([N+](=O)[O-])c(C(=O)N(C)OC)c1.COc1ccc([N+](=O)[O-])c(C(=O)O)c1. The maximum atomic E-state index is 13.1. The Kier molecular flexibility index (Phi) is 41.2. The Bertz CT molecular complexity index is 4660. The Morgan fingerprint density at radius 2 is 0.804 bits per heavy atom. The number of methoxy groups -OCH3 is 5. The lowest BCUT2D eigenvalue weighted by Gasteiger charge is -2.15. The molecule has 0 spiro atoms. The minimum atomic E-state index is -1.35. The molecule has 112 heavy (non-hydrogen) atoms. The highest BCUT2D eigenvalue weighted by Crippen LogP contribution is 2.30. The van der Waals surface area contributed by atoms with E-state index in [1.807, 2.05) is 97.1 Å². The van der Waals surface area contributed by atoms with Crippen molar-refractivity contribution in [3.63, 3.8) is 0 Å². The number of hydrogen-bond acceptors (Lipinski definition) is 21. The van der Waals surface area contributed by atoms with Gasteiger partial charge in [0.05, 0.1) is 83.1 Å². The minimum absolute atomic E-state index is 0. The van der Waals surface area contributed by atoms with Gasteiger partial charge in [-0.15, -0.1) is 17.0 Å². The van der Waals surface area contributed by atoms with Gasteiger partial charge in [0.1, 0.15) is 39.9 Å². The number of alkyl halides is 1. The third-order valence-electron chi connectivity index (χ3n) is 16.1. The molecule has 2 amide bonds. The highest BCUT2D eigenvalue weighted by molar-refractivity contribution is 9.10. The van der Waals surface area contributed by atoms with Crippen molar-refractivity contribution in [2.24, 2.45) is 0 Å². The molecule has 2 aromatic heterocycles. The number of ether oxygens (including phenoxy) is 5. The summed E-state index contributed by atoms with van der Waals surface area (Å²) in [5.41, 5.74) is 20.5. The Balaban J connectivity index is 0.000000348. The maximum absolute atomic E-state index is 13.1. The number of carboxylic acids is 1. The second-order valence-electron chi connectivity index (χ2n) is 24.4. The summed E-state index contributed by atoms with van der Waals surface area (Å²) < 4.78 is 26.3. The van der Waals surface area contributed by atoms with E-state index in [4.69, 9.17) is 49.9 Å². The summed E-state index contributed by atoms with van der Waals surface area (Å²) in [6.07, 6.45) is 3.55. The predicted molar refractivity (Wildman–Crippen MR) is 447 cm³/mol. The molecule has 594 valence electrons. The van der Waals surface area contributed by atoms with E-state index in [0.29, 0.717) is 86.5 Å². The number of nitro groups is 2. The number of anilines is 3. The van der Waals surface area contributed by atoms with Crippen molar-refractivity contribution < 1.29 is 72.3 Å². The fourth-order valence-corrected chi connectivity index (χ4v) is 10.1. The molecule has 0 radical (unpaired) electrons. The molecule has 0 bridgehead atoms. The molecule has 0 aliphatic heterocycles. The van der Waals surface area contributed by atoms with Crippen molar-refractivity contribution in [3.8, 4) is 28.7 Å². The van der Waals surface area contributed by atoms with E-state index in [0.717, 1.165) is 49.1 Å². The second kappa shape index (κ2) is 48.8. The number of hydrogen-bond donors (Lipinski definition) is 4. The Hall–Kier alpha value is -11.6. The van der Waals surface area contributed by atoms with Crippen LogP contribution in [0.15, 0.2) is 217 Å². The third kappa shape index (κ3) is 30.0. The summed E-state index contributed by atoms with van der Waals surface area (Å²) in [6, 6.07) is 58.5. The Labute approximate surface area is 679 Å². The number of nitrogens with zero attached hydrogens (tertiary/aromatic N) is 6. The van der Waals surface area contributed by atoms with Gasteiger partial charge in [-0.05, 0) is 144 Å². The average molecular weight is 1730 g/mol. The number of aromatic carboxylic acids is 1. The fourth-order valence-electron chi connectivity index (χ4n) is 9.51. The molecule has 0 aliphatic carbocycles. The molecule has 0 saturated carbocycles. The van der Waals surface area contributed by atoms with Gasteiger partial charge in [0.15, 0.2) is 11.6 Å². The number of hydroxylamine groups is 4. The lowest BCUT2D eigenvalue weighted by atomic mass is 9.97. The average Bonchev–Trinajstić information content (AvgIpc) is 0.827. The number of carbonyl (C=O) groups excluding carboxylic acids is 4. The number of carbonyl (C=O) groups is 5. The van der Waals surface area contributed by atoms with Gasteiger partial charge in [-0.2, -0.15) is 0 Å². The normalized spacial score (nSPS) is 10.0. The smallest absolute Gasteiger partial charge is 0.342 e. The van der Waals surface area contributed by atoms with Gasteiger partial charge in [-0.3, -0.25) is 59.0 Å². The molecule has 8 aromatic carbocycles. The lowest BCUT2D eigenvalue weighted by Crippen LogP contribution is -2.26. The van der Waals surface area contributed by atoms with Crippen LogP contribution in [-0.2, 0) is 21.6 Å². The monoisotopic (exact) mass is 1730 g/mol. The third-order valence-corrected chi connectivity index (χ3v) is 17.2. The molecular formula is C83H94Br3N9O17. The summed E-state index contributed by atoms with van der Waals surface area (Å²) >= 11 is 6.69. The Morgan fingerprint density at radius 3 is 1.17 bits per heavy atom. The first-order valence-electron chi connectivity index (χ1n) is 34.1. The molecule has 26 nitrogen and oxygen atoms in total. The molecule has 0 fully saturated rings. The summed E-state index contributed by atoms with van der Waals surface area (Å²) in [4.78, 5) is 97.5. The van der Waals surface area contributed by atoms with Gasteiger partial charge in [0.2, 0.25) is 0 Å². The zero-order valence-corrected chi connectivity index (χ0v) is 69.7. The summed E-state index contributed by atoms with van der Waals surface area (Å²) in [7, 11) is 13.0. The van der Waals surface area contributed by atoms with Crippen molar-refractivity contribution >= 4 is 107 Å². The highest BCUT2D eigenvalue weighted by Gasteiger charge is 2.25. The number of nitrogens with two attached hydrogens (primary N) is 2. The van der Waals surface area contributed by atoms with Crippen molar-refractivity contribution in [2.45, 2.75) is 71.2 Å². The lowest BCUT2D eigenvalue weighted by molar-refractivity contribution is -0.385. The van der Waals surface area contributed by atoms with E-state index in [1.165, 1.54) is 90.6 Å². The number of ketones is 2. The number of benzene rings is 8. The van der Waals surface area contributed by atoms with Crippen LogP contribution in [0.5, 0.6) is 28.7 Å². The first-order valence-corrected chi connectivity index (χ1v) is 36.0. The summed E-state index contributed by atoms with van der Waals surface area (Å²) in [6.45, 7) is 13.5. The van der Waals surface area contributed by atoms with Crippen molar-refractivity contribution in [3.05, 3.63) is 304 Å². The van der Waals surface area contributed by atoms with Gasteiger partial charge >= 0.3 is 5.97 Å². The number of halogens is 3. The zero-order valence-electron chi connectivity index (χ0n) is 64.8. The predicted octanol–water partition coefficient (Wildman–Crippen LogP) is 18.3. The number of aromatic nitrogens is 2. The molecular weight excluding hydrogens is 1630 g/mol. The summed E-state index contributed by atoms with van der Waals surface area (Å²) in [5, 5.41) is 36.1. The first-order chi connectivity index (χ1) is 52.9. The molecule has 0 aliphatic rings. The number of nitrogen functional groups attached to an aromatic ring is 2. The number of pyridine rings is 2. The number of rotatable bonds is 23. The molecule has 2 heterocycles. The van der Waals surface area contributed by atoms with Gasteiger partial charge in [0.25, 0.3) is 23.2 Å². The van der Waals surface area contributed by atoms with Crippen LogP contribution in [0.2, 0.25) is 0 Å². The standard InChI is InChI=1S/C23H24N2O2.C17H19NO2.C10H12N2O5.C10H14N2O3.C9H11Br.C8H7NO5.C6H6BrN.BrH/c1-16(2)17-7-9-18(10-8-17)23(26)21-14-20(27-3)11-12-22(21)25-15-19-6-4-5-13-24-19;1-11(2)12-4-6-13(7-5-12)17(19)15-10-14(20-3)8-9-16(15)18;1-11(17-3)10(13)8-6-7(16-2)4-5-9(8)12(14)15;1-12(15-3)10(13)8-6-7(14-2)4-5-9(8)11;1-7(2)8-3-5-9(10)6-4-8;1-14-5-2-3-7(9(12)13)6(4-5)8(10)11;7-5-6-3-1-2-4-8-6;/h4-14,16,25H,15H2,1-3H3;4-11H,18H2,1-3H3;4-6H,1-3H3;4-6H,11H2,1-3H3;3-7H,1-2H3;2-4H,1H3,(H,10,11);1-4H,5H2;1H. The van der Waals surface area contributed by atoms with Crippen LogP contribution in [0.4, 0.5) is 28.4 Å². The van der Waals surface area contributed by atoms with Crippen LogP contribution >= 0.6 is 48.8 Å². The molecule has 10 aromatic rings. The molecule has 0 unspecified atom stereocenters. The number of amides is 2.